The van der Waals surface area contributed by atoms with E-state index in [0.29, 0.717) is 5.82 Å². The summed E-state index contributed by atoms with van der Waals surface area (Å²) in [6.45, 7) is 3.97. The highest BCUT2D eigenvalue weighted by molar-refractivity contribution is 5.93. The van der Waals surface area contributed by atoms with Gasteiger partial charge in [-0.2, -0.15) is 0 Å². The molecule has 0 bridgehead atoms. The minimum Gasteiger partial charge on any atom is -0.454 e. The summed E-state index contributed by atoms with van der Waals surface area (Å²) < 4.78 is 8.29. The zero-order valence-electron chi connectivity index (χ0n) is 20.4. The van der Waals surface area contributed by atoms with Gasteiger partial charge in [-0.15, -0.1) is 0 Å². The number of imidazole rings is 1. The number of pyridine rings is 1. The molecule has 3 N–H and O–H groups in total. The number of aryl methyl sites for hydroxylation is 2. The summed E-state index contributed by atoms with van der Waals surface area (Å²) in [5.41, 5.74) is 11.4. The summed E-state index contributed by atoms with van der Waals surface area (Å²) in [5.74, 6) is 2.32. The average Bonchev–Trinajstić information content (AvgIpc) is 3.44. The highest BCUT2D eigenvalue weighted by atomic mass is 16.3. The Balaban J connectivity index is 1.28. The number of amides is 1. The first-order valence-corrected chi connectivity index (χ1v) is 12.3. The molecule has 1 aliphatic carbocycles. The van der Waals surface area contributed by atoms with E-state index in [-0.39, 0.29) is 17.7 Å². The smallest absolute Gasteiger partial charge is 0.227 e. The van der Waals surface area contributed by atoms with Crippen molar-refractivity contribution in [3.05, 3.63) is 72.1 Å². The van der Waals surface area contributed by atoms with Gasteiger partial charge in [-0.05, 0) is 57.7 Å². The Kier molecular flexibility index (Phi) is 5.44. The molecule has 6 rings (SSSR count). The molecule has 182 valence electrons. The van der Waals surface area contributed by atoms with Gasteiger partial charge in [-0.3, -0.25) is 14.2 Å². The third-order valence-electron chi connectivity index (χ3n) is 7.31. The zero-order valence-corrected chi connectivity index (χ0v) is 20.4. The summed E-state index contributed by atoms with van der Waals surface area (Å²) in [4.78, 5) is 26.6. The molecule has 1 amide bonds. The maximum absolute atomic E-state index is 12.9. The Bertz CT molecular complexity index is 1580. The molecule has 8 heteroatoms. The van der Waals surface area contributed by atoms with Crippen molar-refractivity contribution in [2.24, 2.45) is 5.92 Å². The Morgan fingerprint density at radius 1 is 1.08 bits per heavy atom. The van der Waals surface area contributed by atoms with E-state index in [0.717, 1.165) is 76.4 Å². The second kappa shape index (κ2) is 8.78. The lowest BCUT2D eigenvalue weighted by Crippen LogP contribution is -2.27. The van der Waals surface area contributed by atoms with Crippen molar-refractivity contribution in [1.29, 1.82) is 0 Å². The lowest BCUT2D eigenvalue weighted by Gasteiger charge is -2.27. The summed E-state index contributed by atoms with van der Waals surface area (Å²) in [5, 5.41) is 4.08. The number of hydrogen-bond donors (Lipinski definition) is 2. The van der Waals surface area contributed by atoms with Crippen LogP contribution in [-0.2, 0) is 4.79 Å². The minimum absolute atomic E-state index is 0.0300. The maximum atomic E-state index is 12.9. The van der Waals surface area contributed by atoms with Crippen LogP contribution < -0.4 is 11.1 Å². The molecule has 4 heterocycles. The lowest BCUT2D eigenvalue weighted by atomic mass is 9.81. The predicted octanol–water partition coefficient (Wildman–Crippen LogP) is 5.65. The van der Waals surface area contributed by atoms with Gasteiger partial charge in [-0.1, -0.05) is 18.2 Å². The second-order valence-corrected chi connectivity index (χ2v) is 9.63. The van der Waals surface area contributed by atoms with Crippen molar-refractivity contribution >= 4 is 33.9 Å². The number of furan rings is 1. The molecule has 8 nitrogen and oxygen atoms in total. The van der Waals surface area contributed by atoms with E-state index in [1.165, 1.54) is 0 Å². The first-order chi connectivity index (χ1) is 17.5. The molecule has 5 aromatic rings. The fourth-order valence-corrected chi connectivity index (χ4v) is 5.33. The van der Waals surface area contributed by atoms with Gasteiger partial charge in [0.25, 0.3) is 0 Å². The number of fused-ring (bicyclic) bond motifs is 2. The molecule has 36 heavy (non-hydrogen) atoms. The molecule has 0 saturated heterocycles. The molecule has 1 fully saturated rings. The third-order valence-corrected chi connectivity index (χ3v) is 7.31. The summed E-state index contributed by atoms with van der Waals surface area (Å²) in [7, 11) is 0. The first-order valence-electron chi connectivity index (χ1n) is 12.3. The fourth-order valence-electron chi connectivity index (χ4n) is 5.33. The predicted molar refractivity (Wildman–Crippen MR) is 140 cm³/mol. The minimum atomic E-state index is -0.0300. The zero-order chi connectivity index (χ0) is 24.8. The molecule has 0 aliphatic heterocycles. The van der Waals surface area contributed by atoms with E-state index >= 15 is 0 Å². The van der Waals surface area contributed by atoms with E-state index in [4.69, 9.17) is 15.1 Å². The number of para-hydroxylation sites is 1. The van der Waals surface area contributed by atoms with Crippen LogP contribution in [0.15, 0.2) is 59.4 Å². The molecule has 0 radical (unpaired) electrons. The van der Waals surface area contributed by atoms with Crippen LogP contribution in [-0.4, -0.2) is 25.3 Å². The maximum Gasteiger partial charge on any atom is 0.227 e. The number of benzene rings is 1. The number of hydrogen-bond acceptors (Lipinski definition) is 6. The molecule has 4 aromatic heterocycles. The summed E-state index contributed by atoms with van der Waals surface area (Å²) in [6.07, 6.45) is 8.65. The summed E-state index contributed by atoms with van der Waals surface area (Å²) in [6, 6.07) is 11.8. The highest BCUT2D eigenvalue weighted by Gasteiger charge is 2.31. The lowest BCUT2D eigenvalue weighted by molar-refractivity contribution is -0.120. The van der Waals surface area contributed by atoms with Crippen LogP contribution in [0.25, 0.3) is 27.9 Å². The van der Waals surface area contributed by atoms with Crippen molar-refractivity contribution < 1.29 is 9.21 Å². The molecule has 0 unspecified atom stereocenters. The van der Waals surface area contributed by atoms with E-state index in [1.807, 2.05) is 54.8 Å². The van der Waals surface area contributed by atoms with E-state index in [1.54, 1.807) is 12.4 Å². The van der Waals surface area contributed by atoms with Crippen LogP contribution in [0, 0.1) is 19.8 Å². The largest absolute Gasteiger partial charge is 0.454 e. The van der Waals surface area contributed by atoms with Gasteiger partial charge in [0.15, 0.2) is 5.76 Å². The Hall–Kier alpha value is -4.20. The molecular formula is C28H28N6O2. The van der Waals surface area contributed by atoms with Crippen molar-refractivity contribution in [2.75, 3.05) is 11.1 Å². The van der Waals surface area contributed by atoms with Crippen LogP contribution in [0.1, 0.15) is 48.7 Å². The number of carbonyl (C=O) groups is 1. The van der Waals surface area contributed by atoms with Gasteiger partial charge in [0.2, 0.25) is 5.91 Å². The van der Waals surface area contributed by atoms with Crippen LogP contribution >= 0.6 is 0 Å². The van der Waals surface area contributed by atoms with Crippen molar-refractivity contribution in [1.82, 2.24) is 19.4 Å². The molecule has 0 atom stereocenters. The van der Waals surface area contributed by atoms with Crippen LogP contribution in [0.4, 0.5) is 11.5 Å². The average molecular weight is 481 g/mol. The number of nitrogens with two attached hydrogens (primary N) is 1. The van der Waals surface area contributed by atoms with Gasteiger partial charge in [0.1, 0.15) is 28.4 Å². The molecule has 1 aliphatic rings. The van der Waals surface area contributed by atoms with Crippen molar-refractivity contribution in [2.45, 2.75) is 45.4 Å². The van der Waals surface area contributed by atoms with Gasteiger partial charge < -0.3 is 15.5 Å². The third kappa shape index (κ3) is 3.79. The van der Waals surface area contributed by atoms with Gasteiger partial charge in [0.05, 0.1) is 11.9 Å². The topological polar surface area (TPSA) is 111 Å². The number of nitrogens with zero attached hydrogens (tertiary/aromatic N) is 4. The van der Waals surface area contributed by atoms with Gasteiger partial charge in [-0.25, -0.2) is 9.97 Å². The van der Waals surface area contributed by atoms with E-state index < -0.39 is 0 Å². The quantitative estimate of drug-likeness (QED) is 0.344. The molecule has 1 saturated carbocycles. The fraction of sp³-hybridized carbons (Fsp3) is 0.286. The monoisotopic (exact) mass is 480 g/mol. The second-order valence-electron chi connectivity index (χ2n) is 9.63. The standard InChI is InChI=1S/C28H28N6O2/c1-16-7-12-20(15-31-16)32-28(35)19-10-8-18(9-11-19)27-33-23(24-26(29)30-13-14-34(24)27)25-17(2)21-5-3-4-6-22(21)36-25/h3-7,12-15,18-19H,8-11H2,1-2H3,(H2,29,30)(H,32,35). The summed E-state index contributed by atoms with van der Waals surface area (Å²) >= 11 is 0. The Morgan fingerprint density at radius 3 is 2.64 bits per heavy atom. The van der Waals surface area contributed by atoms with E-state index in [9.17, 15) is 4.79 Å². The van der Waals surface area contributed by atoms with Crippen LogP contribution in [0.5, 0.6) is 0 Å². The number of nitrogens with one attached hydrogen (secondary N) is 1. The molecular weight excluding hydrogens is 452 g/mol. The molecule has 1 aromatic carbocycles. The van der Waals surface area contributed by atoms with Crippen LogP contribution in [0.3, 0.4) is 0 Å². The SMILES string of the molecule is Cc1ccc(NC(=O)C2CCC(c3nc(-c4oc5ccccc5c4C)c4c(N)nccn34)CC2)cn1. The Morgan fingerprint density at radius 2 is 1.89 bits per heavy atom. The molecule has 0 spiro atoms. The van der Waals surface area contributed by atoms with Crippen LogP contribution in [0.2, 0.25) is 0 Å². The normalized spacial score (nSPS) is 18.1. The van der Waals surface area contributed by atoms with Gasteiger partial charge >= 0.3 is 0 Å². The van der Waals surface area contributed by atoms with Crippen molar-refractivity contribution in [3.8, 4) is 11.5 Å². The van der Waals surface area contributed by atoms with E-state index in [2.05, 4.69) is 21.4 Å². The number of anilines is 2. The first kappa shape index (κ1) is 22.3. The highest BCUT2D eigenvalue weighted by Crippen LogP contribution is 2.41. The number of nitrogen functional groups attached to an aromatic ring is 1. The Labute approximate surface area is 208 Å². The number of carbonyl (C=O) groups excluding carboxylic acids is 1. The van der Waals surface area contributed by atoms with Gasteiger partial charge in [0, 0.05) is 40.9 Å². The number of aromatic nitrogens is 4. The van der Waals surface area contributed by atoms with Crippen molar-refractivity contribution in [3.63, 3.8) is 0 Å². The number of rotatable bonds is 4.